The molecule has 2 aromatic rings. The minimum Gasteiger partial charge on any atom is -0.360 e. The zero-order valence-corrected chi connectivity index (χ0v) is 13.7. The van der Waals surface area contributed by atoms with Crippen LogP contribution in [0.4, 0.5) is 10.1 Å². The standard InChI is InChI=1S/C18H19FN2OS/c19-15-5-1-3-13-4-2-8-21(18(13)15)12-17(22)20-9-6-16-14(11-20)7-10-23-16/h1,3,5,7,10H,2,4,6,8-9,11-12H2. The molecule has 0 bridgehead atoms. The van der Waals surface area contributed by atoms with Crippen LogP contribution in [0, 0.1) is 5.82 Å². The quantitative estimate of drug-likeness (QED) is 0.844. The van der Waals surface area contributed by atoms with Crippen LogP contribution in [0.25, 0.3) is 0 Å². The lowest BCUT2D eigenvalue weighted by molar-refractivity contribution is -0.130. The van der Waals surface area contributed by atoms with Crippen molar-refractivity contribution >= 4 is 22.9 Å². The predicted octanol–water partition coefficient (Wildman–Crippen LogP) is 3.22. The molecule has 0 aliphatic carbocycles. The summed E-state index contributed by atoms with van der Waals surface area (Å²) in [7, 11) is 0. The molecule has 0 fully saturated rings. The fourth-order valence-electron chi connectivity index (χ4n) is 3.57. The third-order valence-corrected chi connectivity index (χ3v) is 5.77. The maximum atomic E-state index is 14.2. The zero-order valence-electron chi connectivity index (χ0n) is 12.9. The van der Waals surface area contributed by atoms with Crippen molar-refractivity contribution in [2.75, 3.05) is 24.5 Å². The first kappa shape index (κ1) is 14.7. The molecule has 1 amide bonds. The van der Waals surface area contributed by atoms with E-state index in [9.17, 15) is 9.18 Å². The van der Waals surface area contributed by atoms with Crippen molar-refractivity contribution < 1.29 is 9.18 Å². The third kappa shape index (κ3) is 2.74. The number of benzene rings is 1. The summed E-state index contributed by atoms with van der Waals surface area (Å²) in [6.45, 7) is 2.48. The average Bonchev–Trinajstić information content (AvgIpc) is 3.02. The molecule has 0 atom stereocenters. The first-order chi connectivity index (χ1) is 11.2. The van der Waals surface area contributed by atoms with E-state index in [0.717, 1.165) is 37.9 Å². The number of para-hydroxylation sites is 1. The Kier molecular flexibility index (Phi) is 3.81. The predicted molar refractivity (Wildman–Crippen MR) is 90.4 cm³/mol. The van der Waals surface area contributed by atoms with Gasteiger partial charge in [-0.25, -0.2) is 4.39 Å². The van der Waals surface area contributed by atoms with Crippen molar-refractivity contribution in [2.45, 2.75) is 25.8 Å². The van der Waals surface area contributed by atoms with Crippen LogP contribution in [0.15, 0.2) is 29.6 Å². The van der Waals surface area contributed by atoms with Gasteiger partial charge in [-0.15, -0.1) is 11.3 Å². The van der Waals surface area contributed by atoms with Crippen LogP contribution in [0.5, 0.6) is 0 Å². The second-order valence-corrected chi connectivity index (χ2v) is 7.21. The Morgan fingerprint density at radius 3 is 3.00 bits per heavy atom. The van der Waals surface area contributed by atoms with Gasteiger partial charge in [0.2, 0.25) is 5.91 Å². The number of hydrogen-bond acceptors (Lipinski definition) is 3. The number of rotatable bonds is 2. The Morgan fingerprint density at radius 1 is 1.17 bits per heavy atom. The molecule has 3 nitrogen and oxygen atoms in total. The number of halogens is 1. The molecule has 0 radical (unpaired) electrons. The monoisotopic (exact) mass is 330 g/mol. The number of anilines is 1. The second kappa shape index (κ2) is 5.96. The van der Waals surface area contributed by atoms with Crippen LogP contribution < -0.4 is 4.90 Å². The molecule has 0 saturated heterocycles. The minimum atomic E-state index is -0.214. The first-order valence-corrected chi connectivity index (χ1v) is 8.95. The number of fused-ring (bicyclic) bond motifs is 2. The maximum Gasteiger partial charge on any atom is 0.242 e. The third-order valence-electron chi connectivity index (χ3n) is 4.75. The van der Waals surface area contributed by atoms with Crippen molar-refractivity contribution in [3.8, 4) is 0 Å². The molecule has 2 aliphatic rings. The Labute approximate surface area is 139 Å². The molecule has 2 aliphatic heterocycles. The Balaban J connectivity index is 1.50. The van der Waals surface area contributed by atoms with Gasteiger partial charge in [-0.1, -0.05) is 12.1 Å². The van der Waals surface area contributed by atoms with Crippen molar-refractivity contribution in [2.24, 2.45) is 0 Å². The Bertz CT molecular complexity index is 742. The summed E-state index contributed by atoms with van der Waals surface area (Å²) in [5, 5.41) is 2.09. The highest BCUT2D eigenvalue weighted by molar-refractivity contribution is 7.10. The zero-order chi connectivity index (χ0) is 15.8. The fraction of sp³-hybridized carbons (Fsp3) is 0.389. The summed E-state index contributed by atoms with van der Waals surface area (Å²) in [4.78, 5) is 17.9. The van der Waals surface area contributed by atoms with Crippen LogP contribution in [-0.4, -0.2) is 30.4 Å². The second-order valence-electron chi connectivity index (χ2n) is 6.21. The van der Waals surface area contributed by atoms with Gasteiger partial charge in [0.1, 0.15) is 5.82 Å². The van der Waals surface area contributed by atoms with Gasteiger partial charge < -0.3 is 9.80 Å². The average molecular weight is 330 g/mol. The van der Waals surface area contributed by atoms with Crippen LogP contribution in [0.2, 0.25) is 0 Å². The molecule has 4 rings (SSSR count). The summed E-state index contributed by atoms with van der Waals surface area (Å²) >= 11 is 1.77. The molecular formula is C18H19FN2OS. The van der Waals surface area contributed by atoms with Crippen LogP contribution in [0.3, 0.4) is 0 Å². The summed E-state index contributed by atoms with van der Waals surface area (Å²) in [5.74, 6) is -0.119. The fourth-order valence-corrected chi connectivity index (χ4v) is 4.46. The number of thiophene rings is 1. The lowest BCUT2D eigenvalue weighted by Crippen LogP contribution is -2.44. The lowest BCUT2D eigenvalue weighted by Gasteiger charge is -2.34. The van der Waals surface area contributed by atoms with E-state index in [4.69, 9.17) is 0 Å². The van der Waals surface area contributed by atoms with Gasteiger partial charge in [-0.2, -0.15) is 0 Å². The topological polar surface area (TPSA) is 23.6 Å². The van der Waals surface area contributed by atoms with E-state index in [1.54, 1.807) is 17.4 Å². The van der Waals surface area contributed by atoms with Gasteiger partial charge >= 0.3 is 0 Å². The molecule has 5 heteroatoms. The summed E-state index contributed by atoms with van der Waals surface area (Å²) in [5.41, 5.74) is 2.91. The first-order valence-electron chi connectivity index (χ1n) is 8.08. The number of carbonyl (C=O) groups excluding carboxylic acids is 1. The molecule has 3 heterocycles. The number of aryl methyl sites for hydroxylation is 1. The van der Waals surface area contributed by atoms with Gasteiger partial charge in [0.25, 0.3) is 0 Å². The van der Waals surface area contributed by atoms with E-state index in [1.165, 1.54) is 16.5 Å². The van der Waals surface area contributed by atoms with E-state index >= 15 is 0 Å². The van der Waals surface area contributed by atoms with Crippen molar-refractivity contribution in [1.29, 1.82) is 0 Å². The van der Waals surface area contributed by atoms with Crippen LogP contribution in [0.1, 0.15) is 22.4 Å². The highest BCUT2D eigenvalue weighted by Crippen LogP contribution is 2.30. The molecule has 0 saturated carbocycles. The van der Waals surface area contributed by atoms with Crippen molar-refractivity contribution in [3.63, 3.8) is 0 Å². The number of amides is 1. The summed E-state index contributed by atoms with van der Waals surface area (Å²) in [6, 6.07) is 7.31. The number of hydrogen-bond donors (Lipinski definition) is 0. The molecule has 1 aromatic heterocycles. The molecule has 23 heavy (non-hydrogen) atoms. The summed E-state index contributed by atoms with van der Waals surface area (Å²) < 4.78 is 14.2. The van der Waals surface area contributed by atoms with Crippen LogP contribution >= 0.6 is 11.3 Å². The smallest absolute Gasteiger partial charge is 0.242 e. The van der Waals surface area contributed by atoms with Gasteiger partial charge in [-0.05, 0) is 47.9 Å². The molecule has 0 unspecified atom stereocenters. The Morgan fingerprint density at radius 2 is 2.09 bits per heavy atom. The largest absolute Gasteiger partial charge is 0.360 e. The normalized spacial score (nSPS) is 16.9. The number of nitrogens with zero attached hydrogens (tertiary/aromatic N) is 2. The van der Waals surface area contributed by atoms with E-state index in [1.807, 2.05) is 15.9 Å². The van der Waals surface area contributed by atoms with Gasteiger partial charge in [-0.3, -0.25) is 4.79 Å². The van der Waals surface area contributed by atoms with E-state index in [-0.39, 0.29) is 18.3 Å². The van der Waals surface area contributed by atoms with Gasteiger partial charge in [0, 0.05) is 24.5 Å². The summed E-state index contributed by atoms with van der Waals surface area (Å²) in [6.07, 6.45) is 2.79. The molecule has 1 aromatic carbocycles. The molecule has 0 N–H and O–H groups in total. The highest BCUT2D eigenvalue weighted by Gasteiger charge is 2.26. The van der Waals surface area contributed by atoms with E-state index < -0.39 is 0 Å². The van der Waals surface area contributed by atoms with Gasteiger partial charge in [0.05, 0.1) is 12.2 Å². The minimum absolute atomic E-state index is 0.0953. The molecule has 120 valence electrons. The van der Waals surface area contributed by atoms with Crippen molar-refractivity contribution in [3.05, 3.63) is 51.5 Å². The highest BCUT2D eigenvalue weighted by atomic mass is 32.1. The SMILES string of the molecule is O=C(CN1CCCc2cccc(F)c21)N1CCc2sccc2C1. The van der Waals surface area contributed by atoms with Crippen molar-refractivity contribution in [1.82, 2.24) is 4.90 Å². The maximum absolute atomic E-state index is 14.2. The van der Waals surface area contributed by atoms with E-state index in [2.05, 4.69) is 11.4 Å². The van der Waals surface area contributed by atoms with Crippen LogP contribution in [-0.2, 0) is 24.2 Å². The van der Waals surface area contributed by atoms with Gasteiger partial charge in [0.15, 0.2) is 0 Å². The molecule has 0 spiro atoms. The Hall–Kier alpha value is -1.88. The lowest BCUT2D eigenvalue weighted by atomic mass is 10.0. The van der Waals surface area contributed by atoms with E-state index in [0.29, 0.717) is 12.2 Å². The molecular weight excluding hydrogens is 311 g/mol. The number of carbonyl (C=O) groups is 1.